The van der Waals surface area contributed by atoms with Gasteiger partial charge in [-0.3, -0.25) is 4.79 Å². The summed E-state index contributed by atoms with van der Waals surface area (Å²) in [5, 5.41) is 8.29. The molecule has 1 aromatic heterocycles. The van der Waals surface area contributed by atoms with Gasteiger partial charge in [-0.1, -0.05) is 46.8 Å². The molecule has 2 rings (SSSR count). The molecule has 18 heavy (non-hydrogen) atoms. The Morgan fingerprint density at radius 3 is 2.89 bits per heavy atom. The van der Waals surface area contributed by atoms with Gasteiger partial charge in [-0.15, -0.1) is 10.2 Å². The van der Waals surface area contributed by atoms with Crippen LogP contribution in [0, 0.1) is 0 Å². The van der Waals surface area contributed by atoms with Crippen molar-refractivity contribution in [2.75, 3.05) is 5.73 Å². The number of thioether (sulfide) groups is 1. The van der Waals surface area contributed by atoms with Crippen molar-refractivity contribution in [3.8, 4) is 0 Å². The number of hydrogen-bond donors (Lipinski definition) is 1. The number of nitrogens with two attached hydrogens (primary N) is 1. The van der Waals surface area contributed by atoms with Gasteiger partial charge in [0.1, 0.15) is 0 Å². The molecule has 0 bridgehead atoms. The Morgan fingerprint density at radius 1 is 1.50 bits per heavy atom. The van der Waals surface area contributed by atoms with Crippen molar-refractivity contribution in [1.29, 1.82) is 0 Å². The Balaban J connectivity index is 2.09. The average Bonchev–Trinajstić information content (AvgIpc) is 2.73. The molecular formula is C11H10ClN3OS2. The van der Waals surface area contributed by atoms with Crippen LogP contribution in [0.1, 0.15) is 17.3 Å². The molecule has 1 heterocycles. The van der Waals surface area contributed by atoms with E-state index in [9.17, 15) is 4.79 Å². The molecule has 0 aliphatic rings. The fourth-order valence-electron chi connectivity index (χ4n) is 1.35. The number of nitrogens with zero attached hydrogens (tertiary/aromatic N) is 2. The fraction of sp³-hybridized carbons (Fsp3) is 0.182. The monoisotopic (exact) mass is 299 g/mol. The van der Waals surface area contributed by atoms with Gasteiger partial charge in [0.05, 0.1) is 5.25 Å². The normalized spacial score (nSPS) is 12.3. The van der Waals surface area contributed by atoms with E-state index in [-0.39, 0.29) is 11.0 Å². The molecule has 0 saturated heterocycles. The number of aromatic nitrogens is 2. The van der Waals surface area contributed by atoms with Gasteiger partial charge in [-0.25, -0.2) is 0 Å². The molecule has 0 aliphatic heterocycles. The van der Waals surface area contributed by atoms with E-state index >= 15 is 0 Å². The number of benzene rings is 1. The first-order valence-electron chi connectivity index (χ1n) is 5.11. The molecule has 2 aromatic rings. The highest BCUT2D eigenvalue weighted by atomic mass is 35.5. The summed E-state index contributed by atoms with van der Waals surface area (Å²) in [7, 11) is 0. The molecule has 0 amide bonds. The van der Waals surface area contributed by atoms with Crippen molar-refractivity contribution < 1.29 is 4.79 Å². The Bertz CT molecular complexity index is 573. The van der Waals surface area contributed by atoms with Crippen LogP contribution in [0.2, 0.25) is 5.02 Å². The molecule has 94 valence electrons. The second-order valence-corrected chi connectivity index (χ2v) is 6.57. The predicted molar refractivity (Wildman–Crippen MR) is 75.4 cm³/mol. The van der Waals surface area contributed by atoms with E-state index in [1.807, 2.05) is 6.92 Å². The van der Waals surface area contributed by atoms with Crippen LogP contribution in [0.15, 0.2) is 28.6 Å². The van der Waals surface area contributed by atoms with Crippen molar-refractivity contribution in [2.24, 2.45) is 0 Å². The summed E-state index contributed by atoms with van der Waals surface area (Å²) in [5.74, 6) is 0.0104. The maximum absolute atomic E-state index is 12.2. The average molecular weight is 300 g/mol. The minimum atomic E-state index is -0.254. The van der Waals surface area contributed by atoms with E-state index in [2.05, 4.69) is 10.2 Å². The van der Waals surface area contributed by atoms with E-state index in [4.69, 9.17) is 17.3 Å². The van der Waals surface area contributed by atoms with E-state index < -0.39 is 0 Å². The molecule has 4 nitrogen and oxygen atoms in total. The number of nitrogen functional groups attached to an aromatic ring is 1. The fourth-order valence-corrected chi connectivity index (χ4v) is 3.40. The van der Waals surface area contributed by atoms with Crippen LogP contribution >= 0.6 is 34.7 Å². The summed E-state index contributed by atoms with van der Waals surface area (Å²) in [6.45, 7) is 1.82. The van der Waals surface area contributed by atoms with E-state index in [0.717, 1.165) is 0 Å². The first-order valence-corrected chi connectivity index (χ1v) is 7.19. The van der Waals surface area contributed by atoms with Crippen LogP contribution in [0.25, 0.3) is 0 Å². The Labute approximate surface area is 118 Å². The highest BCUT2D eigenvalue weighted by molar-refractivity contribution is 8.02. The van der Waals surface area contributed by atoms with Gasteiger partial charge < -0.3 is 5.73 Å². The molecule has 1 unspecified atom stereocenters. The molecular weight excluding hydrogens is 290 g/mol. The molecule has 7 heteroatoms. The van der Waals surface area contributed by atoms with Crippen molar-refractivity contribution in [2.45, 2.75) is 16.5 Å². The SMILES string of the molecule is CC(Sc1nnc(N)s1)C(=O)c1cccc(Cl)c1. The van der Waals surface area contributed by atoms with Crippen LogP contribution in [-0.4, -0.2) is 21.2 Å². The van der Waals surface area contributed by atoms with Crippen LogP contribution < -0.4 is 5.73 Å². The first-order chi connectivity index (χ1) is 8.56. The third-order valence-corrected chi connectivity index (χ3v) is 4.35. The van der Waals surface area contributed by atoms with Gasteiger partial charge in [-0.05, 0) is 19.1 Å². The summed E-state index contributed by atoms with van der Waals surface area (Å²) in [6.07, 6.45) is 0. The maximum atomic E-state index is 12.2. The number of halogens is 1. The standard InChI is InChI=1S/C11H10ClN3OS2/c1-6(17-11-15-14-10(13)18-11)9(16)7-3-2-4-8(12)5-7/h2-6H,1H3,(H2,13,14). The largest absolute Gasteiger partial charge is 0.374 e. The van der Waals surface area contributed by atoms with Crippen LogP contribution in [-0.2, 0) is 0 Å². The molecule has 0 fully saturated rings. The lowest BCUT2D eigenvalue weighted by Gasteiger charge is -2.07. The maximum Gasteiger partial charge on any atom is 0.203 e. The van der Waals surface area contributed by atoms with Gasteiger partial charge in [0.25, 0.3) is 0 Å². The summed E-state index contributed by atoms with van der Waals surface area (Å²) in [4.78, 5) is 12.2. The molecule has 0 saturated carbocycles. The number of carbonyl (C=O) groups excluding carboxylic acids is 1. The third-order valence-electron chi connectivity index (χ3n) is 2.18. The molecule has 0 aliphatic carbocycles. The van der Waals surface area contributed by atoms with E-state index in [1.165, 1.54) is 23.1 Å². The van der Waals surface area contributed by atoms with E-state index in [0.29, 0.717) is 20.1 Å². The number of hydrogen-bond acceptors (Lipinski definition) is 6. The number of anilines is 1. The number of rotatable bonds is 4. The number of ketones is 1. The Hall–Kier alpha value is -1.11. The summed E-state index contributed by atoms with van der Waals surface area (Å²) in [5.41, 5.74) is 6.09. The minimum Gasteiger partial charge on any atom is -0.374 e. The predicted octanol–water partition coefficient (Wildman–Crippen LogP) is 3.14. The smallest absolute Gasteiger partial charge is 0.203 e. The van der Waals surface area contributed by atoms with Crippen molar-refractivity contribution in [3.05, 3.63) is 34.9 Å². The van der Waals surface area contributed by atoms with Crippen molar-refractivity contribution in [3.63, 3.8) is 0 Å². The van der Waals surface area contributed by atoms with Crippen molar-refractivity contribution >= 4 is 45.6 Å². The Kier molecular flexibility index (Phi) is 4.21. The zero-order valence-electron chi connectivity index (χ0n) is 9.46. The quantitative estimate of drug-likeness (QED) is 0.694. The lowest BCUT2D eigenvalue weighted by Crippen LogP contribution is -2.13. The second-order valence-electron chi connectivity index (χ2n) is 3.54. The topological polar surface area (TPSA) is 68.9 Å². The Morgan fingerprint density at radius 2 is 2.28 bits per heavy atom. The molecule has 1 aromatic carbocycles. The molecule has 2 N–H and O–H groups in total. The lowest BCUT2D eigenvalue weighted by molar-refractivity contribution is 0.0994. The summed E-state index contributed by atoms with van der Waals surface area (Å²) < 4.78 is 0.690. The van der Waals surface area contributed by atoms with Gasteiger partial charge >= 0.3 is 0 Å². The molecule has 0 radical (unpaired) electrons. The zero-order chi connectivity index (χ0) is 13.1. The summed E-state index contributed by atoms with van der Waals surface area (Å²) in [6, 6.07) is 6.91. The third kappa shape index (κ3) is 3.22. The second kappa shape index (κ2) is 5.69. The van der Waals surface area contributed by atoms with Crippen LogP contribution in [0.5, 0.6) is 0 Å². The van der Waals surface area contributed by atoms with Gasteiger partial charge in [0.15, 0.2) is 10.1 Å². The van der Waals surface area contributed by atoms with Gasteiger partial charge in [0, 0.05) is 10.6 Å². The van der Waals surface area contributed by atoms with Crippen LogP contribution in [0.4, 0.5) is 5.13 Å². The minimum absolute atomic E-state index is 0.0104. The van der Waals surface area contributed by atoms with Gasteiger partial charge in [-0.2, -0.15) is 0 Å². The van der Waals surface area contributed by atoms with Crippen LogP contribution in [0.3, 0.4) is 0 Å². The zero-order valence-corrected chi connectivity index (χ0v) is 11.9. The molecule has 0 spiro atoms. The highest BCUT2D eigenvalue weighted by Crippen LogP contribution is 2.29. The van der Waals surface area contributed by atoms with Crippen molar-refractivity contribution in [1.82, 2.24) is 10.2 Å². The number of carbonyl (C=O) groups is 1. The first kappa shape index (κ1) is 13.3. The van der Waals surface area contributed by atoms with Gasteiger partial charge in [0.2, 0.25) is 5.13 Å². The lowest BCUT2D eigenvalue weighted by atomic mass is 10.1. The summed E-state index contributed by atoms with van der Waals surface area (Å²) >= 11 is 8.48. The molecule has 1 atom stereocenters. The number of Topliss-reactive ketones (excluding diaryl/α,β-unsaturated/α-hetero) is 1. The highest BCUT2D eigenvalue weighted by Gasteiger charge is 2.18. The van der Waals surface area contributed by atoms with E-state index in [1.54, 1.807) is 24.3 Å².